The molecule has 1 saturated heterocycles. The Kier molecular flexibility index (Phi) is 5.39. The second-order valence-corrected chi connectivity index (χ2v) is 6.83. The lowest BCUT2D eigenvalue weighted by Crippen LogP contribution is -2.48. The van der Waals surface area contributed by atoms with E-state index >= 15 is 0 Å². The summed E-state index contributed by atoms with van der Waals surface area (Å²) in [6.45, 7) is 4.89. The van der Waals surface area contributed by atoms with E-state index in [1.54, 1.807) is 17.0 Å². The van der Waals surface area contributed by atoms with Crippen LogP contribution in [0, 0.1) is 11.7 Å². The van der Waals surface area contributed by atoms with E-state index in [0.29, 0.717) is 25.1 Å². The monoisotopic (exact) mass is 321 g/mol. The third kappa shape index (κ3) is 4.30. The highest BCUT2D eigenvalue weighted by atomic mass is 19.1. The normalized spacial score (nSPS) is 18.7. The minimum atomic E-state index is -0.798. The molecule has 23 heavy (non-hydrogen) atoms. The number of rotatable bonds is 5. The van der Waals surface area contributed by atoms with Crippen LogP contribution in [-0.2, 0) is 15.0 Å². The number of carboxylic acids is 1. The van der Waals surface area contributed by atoms with Crippen molar-refractivity contribution in [2.24, 2.45) is 5.92 Å². The van der Waals surface area contributed by atoms with Crippen LogP contribution in [-0.4, -0.2) is 35.0 Å². The van der Waals surface area contributed by atoms with E-state index in [4.69, 9.17) is 5.11 Å². The van der Waals surface area contributed by atoms with Crippen molar-refractivity contribution in [3.8, 4) is 0 Å². The Hall–Kier alpha value is -1.91. The van der Waals surface area contributed by atoms with Gasteiger partial charge in [-0.15, -0.1) is 0 Å². The summed E-state index contributed by atoms with van der Waals surface area (Å²) in [6, 6.07) is 6.16. The lowest BCUT2D eigenvalue weighted by molar-refractivity contribution is -0.138. The Morgan fingerprint density at radius 3 is 2.78 bits per heavy atom. The predicted molar refractivity (Wildman–Crippen MR) is 85.6 cm³/mol. The lowest BCUT2D eigenvalue weighted by Gasteiger charge is -2.38. The number of amides is 1. The van der Waals surface area contributed by atoms with Gasteiger partial charge in [0.1, 0.15) is 5.82 Å². The Morgan fingerprint density at radius 1 is 1.39 bits per heavy atom. The average molecular weight is 321 g/mol. The molecule has 5 heteroatoms. The Morgan fingerprint density at radius 2 is 2.13 bits per heavy atom. The minimum absolute atomic E-state index is 0.0249. The molecule has 0 aliphatic carbocycles. The molecule has 0 aromatic heterocycles. The van der Waals surface area contributed by atoms with Gasteiger partial charge in [-0.25, -0.2) is 4.39 Å². The van der Waals surface area contributed by atoms with E-state index < -0.39 is 11.4 Å². The zero-order valence-corrected chi connectivity index (χ0v) is 13.7. The number of carboxylic acid groups (broad SMARTS) is 1. The quantitative estimate of drug-likeness (QED) is 0.906. The maximum Gasteiger partial charge on any atom is 0.303 e. The van der Waals surface area contributed by atoms with Crippen LogP contribution < -0.4 is 0 Å². The van der Waals surface area contributed by atoms with Crippen molar-refractivity contribution < 1.29 is 19.1 Å². The Bertz CT molecular complexity index is 585. The van der Waals surface area contributed by atoms with Gasteiger partial charge in [0.15, 0.2) is 0 Å². The summed E-state index contributed by atoms with van der Waals surface area (Å²) >= 11 is 0. The van der Waals surface area contributed by atoms with Gasteiger partial charge < -0.3 is 10.0 Å². The van der Waals surface area contributed by atoms with E-state index in [2.05, 4.69) is 0 Å². The number of hydrogen-bond donors (Lipinski definition) is 1. The van der Waals surface area contributed by atoms with Gasteiger partial charge in [0.2, 0.25) is 5.91 Å². The van der Waals surface area contributed by atoms with Crippen LogP contribution in [0.5, 0.6) is 0 Å². The molecule has 1 atom stereocenters. The molecule has 1 fully saturated rings. The first-order valence-electron chi connectivity index (χ1n) is 8.08. The average Bonchev–Trinajstić information content (AvgIpc) is 2.52. The van der Waals surface area contributed by atoms with Crippen LogP contribution in [0.2, 0.25) is 0 Å². The number of piperidine rings is 1. The number of aliphatic carboxylic acids is 1. The number of halogens is 1. The van der Waals surface area contributed by atoms with Gasteiger partial charge in [0.05, 0.1) is 5.41 Å². The molecular weight excluding hydrogens is 297 g/mol. The standard InChI is InChI=1S/C18H24FNO3/c1-18(2,14-6-3-7-15(19)11-14)17(23)20-10-4-5-13(12-20)8-9-16(21)22/h3,6-7,11,13H,4-5,8-10,12H2,1-2H3,(H,21,22)/t13-/m1/s1. The molecule has 2 rings (SSSR count). The number of benzene rings is 1. The van der Waals surface area contributed by atoms with Crippen molar-refractivity contribution in [2.75, 3.05) is 13.1 Å². The van der Waals surface area contributed by atoms with Crippen molar-refractivity contribution >= 4 is 11.9 Å². The first-order valence-corrected chi connectivity index (χ1v) is 8.08. The highest BCUT2D eigenvalue weighted by molar-refractivity contribution is 5.87. The van der Waals surface area contributed by atoms with Crippen LogP contribution in [0.15, 0.2) is 24.3 Å². The molecule has 126 valence electrons. The largest absolute Gasteiger partial charge is 0.481 e. The molecule has 0 saturated carbocycles. The highest BCUT2D eigenvalue weighted by Gasteiger charge is 2.36. The summed E-state index contributed by atoms with van der Waals surface area (Å²) in [6.07, 6.45) is 2.58. The fourth-order valence-corrected chi connectivity index (χ4v) is 3.21. The summed E-state index contributed by atoms with van der Waals surface area (Å²) in [5, 5.41) is 8.81. The molecule has 1 amide bonds. The summed E-state index contributed by atoms with van der Waals surface area (Å²) in [5.74, 6) is -0.940. The molecule has 1 N–H and O–H groups in total. The van der Waals surface area contributed by atoms with Gasteiger partial charge in [-0.05, 0) is 56.7 Å². The molecule has 1 aliphatic heterocycles. The molecule has 1 aliphatic rings. The summed E-state index contributed by atoms with van der Waals surface area (Å²) in [7, 11) is 0. The summed E-state index contributed by atoms with van der Waals surface area (Å²) in [4.78, 5) is 25.4. The maximum absolute atomic E-state index is 13.5. The number of likely N-dealkylation sites (tertiary alicyclic amines) is 1. The second-order valence-electron chi connectivity index (χ2n) is 6.83. The second kappa shape index (κ2) is 7.11. The maximum atomic E-state index is 13.5. The van der Waals surface area contributed by atoms with E-state index in [1.807, 2.05) is 13.8 Å². The van der Waals surface area contributed by atoms with Crippen molar-refractivity contribution in [2.45, 2.75) is 44.9 Å². The Balaban J connectivity index is 2.07. The number of carbonyl (C=O) groups excluding carboxylic acids is 1. The van der Waals surface area contributed by atoms with Crippen LogP contribution in [0.4, 0.5) is 4.39 Å². The van der Waals surface area contributed by atoms with Crippen LogP contribution in [0.1, 0.15) is 45.1 Å². The van der Waals surface area contributed by atoms with Crippen LogP contribution in [0.25, 0.3) is 0 Å². The first-order chi connectivity index (χ1) is 10.8. The van der Waals surface area contributed by atoms with E-state index in [0.717, 1.165) is 12.8 Å². The zero-order valence-electron chi connectivity index (χ0n) is 13.7. The third-order valence-corrected chi connectivity index (χ3v) is 4.65. The molecule has 0 radical (unpaired) electrons. The smallest absolute Gasteiger partial charge is 0.303 e. The number of carbonyl (C=O) groups is 2. The highest BCUT2D eigenvalue weighted by Crippen LogP contribution is 2.29. The predicted octanol–water partition coefficient (Wildman–Crippen LogP) is 3.21. The molecular formula is C18H24FNO3. The van der Waals surface area contributed by atoms with Gasteiger partial charge in [0.25, 0.3) is 0 Å². The topological polar surface area (TPSA) is 57.6 Å². The molecule has 0 spiro atoms. The van der Waals surface area contributed by atoms with Gasteiger partial charge in [-0.1, -0.05) is 12.1 Å². The number of hydrogen-bond acceptors (Lipinski definition) is 2. The minimum Gasteiger partial charge on any atom is -0.481 e. The van der Waals surface area contributed by atoms with Crippen molar-refractivity contribution in [1.82, 2.24) is 4.90 Å². The number of nitrogens with zero attached hydrogens (tertiary/aromatic N) is 1. The molecule has 1 aromatic rings. The zero-order chi connectivity index (χ0) is 17.0. The lowest BCUT2D eigenvalue weighted by atomic mass is 9.82. The molecule has 0 bridgehead atoms. The van der Waals surface area contributed by atoms with E-state index in [9.17, 15) is 14.0 Å². The van der Waals surface area contributed by atoms with Gasteiger partial charge >= 0.3 is 5.97 Å². The van der Waals surface area contributed by atoms with Crippen LogP contribution in [0.3, 0.4) is 0 Å². The molecule has 4 nitrogen and oxygen atoms in total. The fraction of sp³-hybridized carbons (Fsp3) is 0.556. The SMILES string of the molecule is CC(C)(C(=O)N1CCC[C@H](CCC(=O)O)C1)c1cccc(F)c1. The van der Waals surface area contributed by atoms with Crippen molar-refractivity contribution in [1.29, 1.82) is 0 Å². The third-order valence-electron chi connectivity index (χ3n) is 4.65. The fourth-order valence-electron chi connectivity index (χ4n) is 3.21. The van der Waals surface area contributed by atoms with Crippen LogP contribution >= 0.6 is 0 Å². The Labute approximate surface area is 136 Å². The molecule has 1 aromatic carbocycles. The summed E-state index contributed by atoms with van der Waals surface area (Å²) < 4.78 is 13.5. The van der Waals surface area contributed by atoms with Gasteiger partial charge in [0, 0.05) is 19.5 Å². The summed E-state index contributed by atoms with van der Waals surface area (Å²) in [5.41, 5.74) is -0.133. The molecule has 0 unspecified atom stereocenters. The van der Waals surface area contributed by atoms with Gasteiger partial charge in [-0.2, -0.15) is 0 Å². The van der Waals surface area contributed by atoms with Crippen molar-refractivity contribution in [3.63, 3.8) is 0 Å². The van der Waals surface area contributed by atoms with Gasteiger partial charge in [-0.3, -0.25) is 9.59 Å². The first kappa shape index (κ1) is 17.4. The molecule has 1 heterocycles. The van der Waals surface area contributed by atoms with E-state index in [1.165, 1.54) is 12.1 Å². The van der Waals surface area contributed by atoms with Crippen molar-refractivity contribution in [3.05, 3.63) is 35.6 Å². The van der Waals surface area contributed by atoms with E-state index in [-0.39, 0.29) is 24.1 Å².